The van der Waals surface area contributed by atoms with Gasteiger partial charge < -0.3 is 9.80 Å². The van der Waals surface area contributed by atoms with Crippen molar-refractivity contribution in [3.05, 3.63) is 17.4 Å². The highest BCUT2D eigenvalue weighted by atomic mass is 35.5. The number of carbonyl (C=O) groups excluding carboxylic acids is 1. The summed E-state index contributed by atoms with van der Waals surface area (Å²) in [6, 6.07) is 0. The van der Waals surface area contributed by atoms with E-state index in [1.165, 1.54) is 0 Å². The second kappa shape index (κ2) is 6.55. The fraction of sp³-hybridized carbons (Fsp3) is 0.667. The number of nitrogens with zero attached hydrogens (tertiary/aromatic N) is 4. The molecular weight excluding hydrogens is 326 g/mol. The fourth-order valence-corrected chi connectivity index (χ4v) is 3.21. The van der Waals surface area contributed by atoms with E-state index in [4.69, 9.17) is 11.6 Å². The van der Waals surface area contributed by atoms with Crippen LogP contribution in [0.1, 0.15) is 25.7 Å². The first-order chi connectivity index (χ1) is 10.9. The summed E-state index contributed by atoms with van der Waals surface area (Å²) in [7, 11) is 0. The molecule has 3 heterocycles. The molecule has 0 atom stereocenters. The van der Waals surface area contributed by atoms with Crippen LogP contribution in [0.4, 0.5) is 14.7 Å². The summed E-state index contributed by atoms with van der Waals surface area (Å²) in [5.74, 6) is -2.09. The van der Waals surface area contributed by atoms with Crippen LogP contribution in [-0.2, 0) is 4.79 Å². The molecule has 3 rings (SSSR count). The van der Waals surface area contributed by atoms with E-state index in [1.54, 1.807) is 17.3 Å². The Morgan fingerprint density at radius 1 is 1.13 bits per heavy atom. The van der Waals surface area contributed by atoms with Crippen LogP contribution in [0.25, 0.3) is 0 Å². The van der Waals surface area contributed by atoms with Crippen molar-refractivity contribution in [2.45, 2.75) is 31.6 Å². The Labute approximate surface area is 138 Å². The number of carbonyl (C=O) groups is 1. The zero-order valence-electron chi connectivity index (χ0n) is 12.7. The van der Waals surface area contributed by atoms with Crippen molar-refractivity contribution >= 4 is 23.5 Å². The highest BCUT2D eigenvalue weighted by molar-refractivity contribution is 6.30. The summed E-state index contributed by atoms with van der Waals surface area (Å²) in [5, 5.41) is 0.487. The van der Waals surface area contributed by atoms with Crippen molar-refractivity contribution in [3.63, 3.8) is 0 Å². The van der Waals surface area contributed by atoms with Gasteiger partial charge >= 0.3 is 0 Å². The third-order valence-corrected chi connectivity index (χ3v) is 4.74. The summed E-state index contributed by atoms with van der Waals surface area (Å²) in [6.07, 6.45) is 4.03. The van der Waals surface area contributed by atoms with Crippen LogP contribution in [0, 0.1) is 5.92 Å². The third-order valence-electron chi connectivity index (χ3n) is 4.54. The van der Waals surface area contributed by atoms with Gasteiger partial charge in [-0.25, -0.2) is 18.7 Å². The molecule has 0 bridgehead atoms. The Morgan fingerprint density at radius 2 is 1.70 bits per heavy atom. The summed E-state index contributed by atoms with van der Waals surface area (Å²) in [4.78, 5) is 24.4. The Hall–Kier alpha value is -1.50. The van der Waals surface area contributed by atoms with Gasteiger partial charge in [0.2, 0.25) is 11.9 Å². The van der Waals surface area contributed by atoms with Crippen molar-refractivity contribution < 1.29 is 13.6 Å². The SMILES string of the molecule is O=C(C1CCN(c2ncc(Cl)cn2)CC1)N1CCC(F)(F)CC1. The molecule has 0 N–H and O–H groups in total. The van der Waals surface area contributed by atoms with Gasteiger partial charge in [-0.05, 0) is 12.8 Å². The Balaban J connectivity index is 1.52. The van der Waals surface area contributed by atoms with Crippen LogP contribution in [0.3, 0.4) is 0 Å². The lowest BCUT2D eigenvalue weighted by atomic mass is 9.94. The molecule has 2 aliphatic rings. The second-order valence-electron chi connectivity index (χ2n) is 6.14. The van der Waals surface area contributed by atoms with Crippen molar-refractivity contribution in [1.29, 1.82) is 0 Å². The molecule has 0 aromatic carbocycles. The predicted octanol–water partition coefficient (Wildman–Crippen LogP) is 2.60. The van der Waals surface area contributed by atoms with Gasteiger partial charge in [0.05, 0.1) is 17.4 Å². The minimum absolute atomic E-state index is 0.0113. The minimum Gasteiger partial charge on any atom is -0.342 e. The van der Waals surface area contributed by atoms with Gasteiger partial charge in [0.15, 0.2) is 0 Å². The summed E-state index contributed by atoms with van der Waals surface area (Å²) >= 11 is 5.77. The fourth-order valence-electron chi connectivity index (χ4n) is 3.11. The normalized spacial score (nSPS) is 22.2. The lowest BCUT2D eigenvalue weighted by molar-refractivity contribution is -0.142. The average molecular weight is 345 g/mol. The van der Waals surface area contributed by atoms with Gasteiger partial charge in [0, 0.05) is 44.9 Å². The van der Waals surface area contributed by atoms with Crippen molar-refractivity contribution in [1.82, 2.24) is 14.9 Å². The highest BCUT2D eigenvalue weighted by Crippen LogP contribution is 2.30. The van der Waals surface area contributed by atoms with Gasteiger partial charge in [0.25, 0.3) is 5.92 Å². The van der Waals surface area contributed by atoms with E-state index >= 15 is 0 Å². The van der Waals surface area contributed by atoms with E-state index in [0.29, 0.717) is 36.9 Å². The number of piperidine rings is 2. The molecule has 0 unspecified atom stereocenters. The molecule has 5 nitrogen and oxygen atoms in total. The molecule has 1 aromatic heterocycles. The number of hydrogen-bond acceptors (Lipinski definition) is 4. The summed E-state index contributed by atoms with van der Waals surface area (Å²) in [6.45, 7) is 1.68. The molecule has 2 aliphatic heterocycles. The molecule has 0 radical (unpaired) electrons. The van der Waals surface area contributed by atoms with E-state index < -0.39 is 5.92 Å². The maximum absolute atomic E-state index is 13.2. The second-order valence-corrected chi connectivity index (χ2v) is 6.58. The van der Waals surface area contributed by atoms with Gasteiger partial charge in [-0.15, -0.1) is 0 Å². The predicted molar refractivity (Wildman–Crippen MR) is 82.7 cm³/mol. The van der Waals surface area contributed by atoms with Gasteiger partial charge in [-0.1, -0.05) is 11.6 Å². The van der Waals surface area contributed by atoms with E-state index in [-0.39, 0.29) is 37.8 Å². The van der Waals surface area contributed by atoms with Crippen LogP contribution in [-0.4, -0.2) is 52.9 Å². The van der Waals surface area contributed by atoms with Crippen molar-refractivity contribution in [3.8, 4) is 0 Å². The Bertz CT molecular complexity index is 551. The number of halogens is 3. The molecule has 2 fully saturated rings. The molecular formula is C15H19ClF2N4O. The third kappa shape index (κ3) is 3.88. The first-order valence-corrected chi connectivity index (χ1v) is 8.21. The zero-order chi connectivity index (χ0) is 16.4. The lowest BCUT2D eigenvalue weighted by Gasteiger charge is -2.37. The molecule has 2 saturated heterocycles. The van der Waals surface area contributed by atoms with Gasteiger partial charge in [0.1, 0.15) is 0 Å². The van der Waals surface area contributed by atoms with Gasteiger partial charge in [-0.3, -0.25) is 4.79 Å². The smallest absolute Gasteiger partial charge is 0.251 e. The van der Waals surface area contributed by atoms with Crippen LogP contribution >= 0.6 is 11.6 Å². The number of rotatable bonds is 2. The van der Waals surface area contributed by atoms with Crippen LogP contribution in [0.15, 0.2) is 12.4 Å². The molecule has 1 amide bonds. The molecule has 0 saturated carbocycles. The molecule has 8 heteroatoms. The first-order valence-electron chi connectivity index (χ1n) is 7.84. The highest BCUT2D eigenvalue weighted by Gasteiger charge is 2.37. The molecule has 126 valence electrons. The van der Waals surface area contributed by atoms with Crippen LogP contribution in [0.5, 0.6) is 0 Å². The molecule has 0 spiro atoms. The Kier molecular flexibility index (Phi) is 4.66. The van der Waals surface area contributed by atoms with E-state index in [1.807, 2.05) is 4.90 Å². The number of likely N-dealkylation sites (tertiary alicyclic amines) is 1. The zero-order valence-corrected chi connectivity index (χ0v) is 13.5. The standard InChI is InChI=1S/C15H19ClF2N4O/c16-12-9-19-14(20-10-12)22-5-1-11(2-6-22)13(23)21-7-3-15(17,18)4-8-21/h9-11H,1-8H2. The summed E-state index contributed by atoms with van der Waals surface area (Å²) in [5.41, 5.74) is 0. The van der Waals surface area contributed by atoms with E-state index in [9.17, 15) is 13.6 Å². The number of hydrogen-bond donors (Lipinski definition) is 0. The Morgan fingerprint density at radius 3 is 2.26 bits per heavy atom. The van der Waals surface area contributed by atoms with E-state index in [2.05, 4.69) is 9.97 Å². The molecule has 1 aromatic rings. The lowest BCUT2D eigenvalue weighted by Crippen LogP contribution is -2.47. The molecule has 23 heavy (non-hydrogen) atoms. The monoisotopic (exact) mass is 344 g/mol. The van der Waals surface area contributed by atoms with Crippen LogP contribution < -0.4 is 4.90 Å². The van der Waals surface area contributed by atoms with Crippen molar-refractivity contribution in [2.75, 3.05) is 31.1 Å². The quantitative estimate of drug-likeness (QED) is 0.827. The number of anilines is 1. The number of aromatic nitrogens is 2. The van der Waals surface area contributed by atoms with Crippen LogP contribution in [0.2, 0.25) is 5.02 Å². The van der Waals surface area contributed by atoms with Crippen molar-refractivity contribution in [2.24, 2.45) is 5.92 Å². The maximum atomic E-state index is 13.2. The largest absolute Gasteiger partial charge is 0.342 e. The number of amides is 1. The average Bonchev–Trinajstić information content (AvgIpc) is 2.55. The molecule has 0 aliphatic carbocycles. The maximum Gasteiger partial charge on any atom is 0.251 e. The number of alkyl halides is 2. The topological polar surface area (TPSA) is 49.3 Å². The van der Waals surface area contributed by atoms with E-state index in [0.717, 1.165) is 0 Å². The van der Waals surface area contributed by atoms with Gasteiger partial charge in [-0.2, -0.15) is 0 Å². The minimum atomic E-state index is -2.62. The summed E-state index contributed by atoms with van der Waals surface area (Å²) < 4.78 is 26.4. The first kappa shape index (κ1) is 16.4.